The van der Waals surface area contributed by atoms with Crippen LogP contribution in [0.2, 0.25) is 0 Å². The molecule has 3 aromatic rings. The number of carbonyl (C=O) groups is 2. The first kappa shape index (κ1) is 31.2. The first-order chi connectivity index (χ1) is 22.1. The molecule has 3 N–H and O–H groups in total. The van der Waals surface area contributed by atoms with Gasteiger partial charge in [0.1, 0.15) is 5.75 Å². The molecule has 0 spiro atoms. The quantitative estimate of drug-likeness (QED) is 0.319. The molecule has 0 radical (unpaired) electrons. The lowest BCUT2D eigenvalue weighted by atomic mass is 9.81. The summed E-state index contributed by atoms with van der Waals surface area (Å²) in [4.78, 5) is 28.6. The van der Waals surface area contributed by atoms with Crippen molar-refractivity contribution in [3.63, 3.8) is 0 Å². The number of hydrogen-bond donors (Lipinski definition) is 3. The molecule has 1 saturated heterocycles. The number of methoxy groups -OCH3 is 1. The molecule has 2 aromatic carbocycles. The molecule has 2 aliphatic heterocycles. The van der Waals surface area contributed by atoms with Gasteiger partial charge in [-0.05, 0) is 66.6 Å². The van der Waals surface area contributed by atoms with Crippen LogP contribution >= 0.6 is 0 Å². The van der Waals surface area contributed by atoms with Gasteiger partial charge in [0.2, 0.25) is 0 Å². The van der Waals surface area contributed by atoms with E-state index in [1.54, 1.807) is 19.2 Å². The van der Waals surface area contributed by atoms with Crippen LogP contribution in [-0.2, 0) is 21.5 Å². The number of likely N-dealkylation sites (N-methyl/N-ethyl adjacent to an activating group) is 1. The Bertz CT molecular complexity index is 1790. The molecular weight excluding hydrogens is 606 g/mol. The number of aliphatic carboxylic acids is 1. The number of amides is 1. The van der Waals surface area contributed by atoms with Gasteiger partial charge in [-0.1, -0.05) is 25.3 Å². The molecule has 3 heterocycles. The maximum absolute atomic E-state index is 13.5. The Hall–Kier alpha value is -3.45. The summed E-state index contributed by atoms with van der Waals surface area (Å²) in [5.74, 6) is -0.669. The van der Waals surface area contributed by atoms with E-state index in [2.05, 4.69) is 25.6 Å². The van der Waals surface area contributed by atoms with Crippen molar-refractivity contribution < 1.29 is 27.9 Å². The Kier molecular flexibility index (Phi) is 8.11. The van der Waals surface area contributed by atoms with Crippen LogP contribution in [0, 0.1) is 5.41 Å². The van der Waals surface area contributed by atoms with Crippen molar-refractivity contribution in [1.82, 2.24) is 23.8 Å². The lowest BCUT2D eigenvalue weighted by Gasteiger charge is -2.28. The van der Waals surface area contributed by atoms with Gasteiger partial charge in [0.25, 0.3) is 5.91 Å². The third kappa shape index (κ3) is 5.38. The van der Waals surface area contributed by atoms with Crippen molar-refractivity contribution in [1.29, 1.82) is 0 Å². The van der Waals surface area contributed by atoms with Crippen LogP contribution in [0.5, 0.6) is 5.75 Å². The van der Waals surface area contributed by atoms with Gasteiger partial charge in [0, 0.05) is 80.8 Å². The lowest BCUT2D eigenvalue weighted by Crippen LogP contribution is -2.48. The number of piperazine rings is 1. The van der Waals surface area contributed by atoms with Crippen LogP contribution in [-0.4, -0.2) is 92.6 Å². The molecule has 0 bridgehead atoms. The number of nitrogens with zero attached hydrogens (tertiary/aromatic N) is 3. The average Bonchev–Trinajstić information content (AvgIpc) is 3.74. The minimum Gasteiger partial charge on any atom is -0.497 e. The number of nitrogens with one attached hydrogen (secondary N) is 2. The molecule has 12 heteroatoms. The molecule has 1 aromatic heterocycles. The van der Waals surface area contributed by atoms with Crippen molar-refractivity contribution in [3.8, 4) is 17.0 Å². The molecule has 46 heavy (non-hydrogen) atoms. The number of rotatable bonds is 9. The number of ether oxygens (including phenoxy) is 1. The Morgan fingerprint density at radius 2 is 1.87 bits per heavy atom. The second kappa shape index (κ2) is 12.0. The molecular formula is C34H43N5O6S. The van der Waals surface area contributed by atoms with E-state index in [0.717, 1.165) is 79.6 Å². The summed E-state index contributed by atoms with van der Waals surface area (Å²) in [6.07, 6.45) is 6.09. The highest BCUT2D eigenvalue weighted by Gasteiger charge is 2.63. The van der Waals surface area contributed by atoms with E-state index in [9.17, 15) is 23.1 Å². The summed E-state index contributed by atoms with van der Waals surface area (Å²) in [6.45, 7) is 4.57. The predicted molar refractivity (Wildman–Crippen MR) is 176 cm³/mol. The van der Waals surface area contributed by atoms with Crippen LogP contribution < -0.4 is 14.8 Å². The van der Waals surface area contributed by atoms with Gasteiger partial charge in [-0.25, -0.2) is 4.72 Å². The summed E-state index contributed by atoms with van der Waals surface area (Å²) >= 11 is 0. The molecule has 1 amide bonds. The van der Waals surface area contributed by atoms with E-state index in [4.69, 9.17) is 4.74 Å². The zero-order valence-electron chi connectivity index (χ0n) is 26.5. The van der Waals surface area contributed by atoms with Gasteiger partial charge in [-0.3, -0.25) is 14.5 Å². The number of benzene rings is 2. The van der Waals surface area contributed by atoms with Crippen molar-refractivity contribution in [2.24, 2.45) is 5.41 Å². The van der Waals surface area contributed by atoms with Gasteiger partial charge in [0.15, 0.2) is 0 Å². The maximum atomic E-state index is 13.5. The molecule has 246 valence electrons. The lowest BCUT2D eigenvalue weighted by molar-refractivity contribution is -0.144. The van der Waals surface area contributed by atoms with Crippen molar-refractivity contribution in [3.05, 3.63) is 53.1 Å². The van der Waals surface area contributed by atoms with Gasteiger partial charge in [-0.2, -0.15) is 12.7 Å². The van der Waals surface area contributed by atoms with E-state index < -0.39 is 27.5 Å². The zero-order valence-corrected chi connectivity index (χ0v) is 27.4. The molecule has 1 unspecified atom stereocenters. The van der Waals surface area contributed by atoms with Gasteiger partial charge < -0.3 is 19.7 Å². The Balaban J connectivity index is 1.28. The van der Waals surface area contributed by atoms with E-state index in [-0.39, 0.29) is 24.6 Å². The fourth-order valence-electron chi connectivity index (χ4n) is 8.01. The smallest absolute Gasteiger partial charge is 0.312 e. The van der Waals surface area contributed by atoms with Crippen LogP contribution in [0.1, 0.15) is 71.8 Å². The molecule has 11 nitrogen and oxygen atoms in total. The average molecular weight is 650 g/mol. The fraction of sp³-hybridized carbons (Fsp3) is 0.529. The number of carboxylic acid groups (broad SMARTS) is 1. The first-order valence-corrected chi connectivity index (χ1v) is 17.9. The predicted octanol–water partition coefficient (Wildman–Crippen LogP) is 3.75. The van der Waals surface area contributed by atoms with Crippen molar-refractivity contribution in [2.45, 2.75) is 56.9 Å². The number of aromatic nitrogens is 1. The summed E-state index contributed by atoms with van der Waals surface area (Å²) in [7, 11) is -0.969. The number of carboxylic acids is 1. The summed E-state index contributed by atoms with van der Waals surface area (Å²) in [6, 6.07) is 11.4. The third-order valence-electron chi connectivity index (χ3n) is 10.8. The summed E-state index contributed by atoms with van der Waals surface area (Å²) < 4.78 is 37.5. The summed E-state index contributed by atoms with van der Waals surface area (Å²) in [5, 5.41) is 14.8. The number of fused-ring (bicyclic) bond motifs is 7. The molecule has 2 aliphatic carbocycles. The molecule has 7 rings (SSSR count). The largest absolute Gasteiger partial charge is 0.497 e. The standard InChI is InChI=1S/C34H43N5O6S/c1-37(16-17-38-14-12-35-13-15-38)46(43,44)36-32(40)23-8-10-26-29(18-23)39-21-34(33(41)42)20-28(34)27-19-24(45-2)9-11-25(27)31(39)30(26)22-6-4-3-5-7-22/h8-11,18-19,22,28,35H,3-7,12-17,20-21H2,1-2H3,(H,36,40)(H,41,42)/t28?,34-/m1/s1. The van der Waals surface area contributed by atoms with E-state index in [0.29, 0.717) is 24.6 Å². The van der Waals surface area contributed by atoms with E-state index in [1.165, 1.54) is 23.3 Å². The highest BCUT2D eigenvalue weighted by Crippen LogP contribution is 2.65. The van der Waals surface area contributed by atoms with E-state index in [1.807, 2.05) is 18.2 Å². The SMILES string of the molecule is COc1ccc2c(c1)C1C[C@@]1(C(=O)O)Cn1c-2c(C2CCCCC2)c2ccc(C(=O)NS(=O)(=O)N(C)CCN3CCNCC3)cc21. The minimum absolute atomic E-state index is 0.141. The van der Waals surface area contributed by atoms with Crippen molar-refractivity contribution in [2.75, 3.05) is 53.4 Å². The topological polar surface area (TPSA) is 133 Å². The molecule has 2 saturated carbocycles. The normalized spacial score (nSPS) is 23.3. The van der Waals surface area contributed by atoms with E-state index >= 15 is 0 Å². The van der Waals surface area contributed by atoms with Gasteiger partial charge in [-0.15, -0.1) is 0 Å². The highest BCUT2D eigenvalue weighted by molar-refractivity contribution is 7.87. The fourth-order valence-corrected chi connectivity index (χ4v) is 8.84. The molecule has 4 aliphatic rings. The second-order valence-electron chi connectivity index (χ2n) is 13.4. The zero-order chi connectivity index (χ0) is 32.2. The van der Waals surface area contributed by atoms with Gasteiger partial charge in [0.05, 0.1) is 18.2 Å². The molecule has 2 atom stereocenters. The number of hydrogen-bond acceptors (Lipinski definition) is 7. The van der Waals surface area contributed by atoms with Gasteiger partial charge >= 0.3 is 16.2 Å². The second-order valence-corrected chi connectivity index (χ2v) is 15.2. The van der Waals surface area contributed by atoms with Crippen LogP contribution in [0.3, 0.4) is 0 Å². The van der Waals surface area contributed by atoms with Crippen LogP contribution in [0.25, 0.3) is 22.2 Å². The monoisotopic (exact) mass is 649 g/mol. The highest BCUT2D eigenvalue weighted by atomic mass is 32.2. The molecule has 3 fully saturated rings. The Morgan fingerprint density at radius 3 is 2.59 bits per heavy atom. The first-order valence-electron chi connectivity index (χ1n) is 16.4. The number of carbonyl (C=O) groups excluding carboxylic acids is 1. The van der Waals surface area contributed by atoms with Crippen LogP contribution in [0.4, 0.5) is 0 Å². The van der Waals surface area contributed by atoms with Crippen molar-refractivity contribution >= 4 is 33.0 Å². The summed E-state index contributed by atoms with van der Waals surface area (Å²) in [5.41, 5.74) is 4.26. The third-order valence-corrected chi connectivity index (χ3v) is 12.2. The minimum atomic E-state index is -4.07. The maximum Gasteiger partial charge on any atom is 0.312 e. The Morgan fingerprint density at radius 1 is 1.11 bits per heavy atom. The van der Waals surface area contributed by atoms with Crippen LogP contribution in [0.15, 0.2) is 36.4 Å². The Labute approximate surface area is 270 Å².